The summed E-state index contributed by atoms with van der Waals surface area (Å²) in [7, 11) is 0. The van der Waals surface area contributed by atoms with Gasteiger partial charge in [-0.1, -0.05) is 11.3 Å². The Morgan fingerprint density at radius 1 is 1.20 bits per heavy atom. The molecule has 0 N–H and O–H groups in total. The molecule has 2 rings (SSSR count). The summed E-state index contributed by atoms with van der Waals surface area (Å²) < 4.78 is 45.0. The minimum atomic E-state index is -4.73. The summed E-state index contributed by atoms with van der Waals surface area (Å²) in [6, 6.07) is 4.89. The molecule has 0 saturated heterocycles. The van der Waals surface area contributed by atoms with Crippen LogP contribution in [0.25, 0.3) is 0 Å². The second-order valence-corrected chi connectivity index (χ2v) is 4.83. The molecule has 1 aromatic carbocycles. The maximum atomic E-state index is 12.0. The quantitative estimate of drug-likeness (QED) is 0.802. The van der Waals surface area contributed by atoms with E-state index in [0.717, 1.165) is 12.1 Å². The molecule has 0 aliphatic heterocycles. The van der Waals surface area contributed by atoms with Crippen molar-refractivity contribution in [2.75, 3.05) is 0 Å². The first-order chi connectivity index (χ1) is 9.37. The van der Waals surface area contributed by atoms with Crippen LogP contribution in [0.2, 0.25) is 0 Å². The number of rotatable bonds is 4. The topological polar surface area (TPSA) is 48.4 Å². The van der Waals surface area contributed by atoms with Gasteiger partial charge in [-0.2, -0.15) is 4.98 Å². The highest BCUT2D eigenvalue weighted by atomic mass is 32.1. The molecule has 0 saturated carbocycles. The molecule has 0 spiro atoms. The summed E-state index contributed by atoms with van der Waals surface area (Å²) in [6.45, 7) is 1.72. The molecule has 1 heterocycles. The van der Waals surface area contributed by atoms with Crippen LogP contribution in [0.15, 0.2) is 24.3 Å². The van der Waals surface area contributed by atoms with E-state index in [1.165, 1.54) is 23.5 Å². The highest BCUT2D eigenvalue weighted by Gasteiger charge is 2.30. The third-order valence-corrected chi connectivity index (χ3v) is 3.05. The van der Waals surface area contributed by atoms with E-state index in [1.807, 2.05) is 0 Å². The number of thiazole rings is 1. The molecule has 0 atom stereocenters. The van der Waals surface area contributed by atoms with Crippen molar-refractivity contribution in [3.63, 3.8) is 0 Å². The molecule has 1 aromatic heterocycles. The van der Waals surface area contributed by atoms with Crippen LogP contribution in [0.3, 0.4) is 0 Å². The first kappa shape index (κ1) is 14.3. The van der Waals surface area contributed by atoms with Crippen molar-refractivity contribution in [1.82, 2.24) is 4.98 Å². The predicted octanol–water partition coefficient (Wildman–Crippen LogP) is 3.95. The van der Waals surface area contributed by atoms with E-state index in [2.05, 4.69) is 9.72 Å². The van der Waals surface area contributed by atoms with Crippen LogP contribution < -0.4 is 9.47 Å². The molecule has 20 heavy (non-hydrogen) atoms. The fraction of sp³-hybridized carbons (Fsp3) is 0.167. The van der Waals surface area contributed by atoms with Crippen LogP contribution in [0.5, 0.6) is 16.7 Å². The van der Waals surface area contributed by atoms with Crippen LogP contribution >= 0.6 is 11.3 Å². The number of aryl methyl sites for hydroxylation is 1. The van der Waals surface area contributed by atoms with Gasteiger partial charge in [0.25, 0.3) is 5.19 Å². The molecule has 0 fully saturated rings. The Morgan fingerprint density at radius 2 is 1.80 bits per heavy atom. The average Bonchev–Trinajstić information content (AvgIpc) is 2.70. The van der Waals surface area contributed by atoms with Gasteiger partial charge in [0.2, 0.25) is 0 Å². The Kier molecular flexibility index (Phi) is 3.93. The van der Waals surface area contributed by atoms with Crippen LogP contribution in [0.4, 0.5) is 13.2 Å². The van der Waals surface area contributed by atoms with Crippen LogP contribution in [-0.2, 0) is 0 Å². The normalized spacial score (nSPS) is 11.2. The maximum Gasteiger partial charge on any atom is 0.573 e. The van der Waals surface area contributed by atoms with E-state index in [-0.39, 0.29) is 16.6 Å². The molecule has 8 heteroatoms. The van der Waals surface area contributed by atoms with Crippen LogP contribution in [-0.4, -0.2) is 17.6 Å². The van der Waals surface area contributed by atoms with Gasteiger partial charge in [0.15, 0.2) is 6.29 Å². The molecule has 0 unspecified atom stereocenters. The molecular weight excluding hydrogens is 295 g/mol. The number of halogens is 3. The minimum absolute atomic E-state index is 0.245. The van der Waals surface area contributed by atoms with Crippen molar-refractivity contribution in [3.8, 4) is 16.7 Å². The number of ether oxygens (including phenoxy) is 2. The molecule has 0 aliphatic rings. The van der Waals surface area contributed by atoms with E-state index >= 15 is 0 Å². The van der Waals surface area contributed by atoms with Crippen LogP contribution in [0, 0.1) is 6.92 Å². The Morgan fingerprint density at radius 3 is 2.30 bits per heavy atom. The van der Waals surface area contributed by atoms with Gasteiger partial charge in [0, 0.05) is 4.88 Å². The van der Waals surface area contributed by atoms with Crippen molar-refractivity contribution in [3.05, 3.63) is 34.8 Å². The lowest BCUT2D eigenvalue weighted by Crippen LogP contribution is -2.16. The minimum Gasteiger partial charge on any atom is -0.431 e. The van der Waals surface area contributed by atoms with Crippen molar-refractivity contribution < 1.29 is 27.4 Å². The monoisotopic (exact) mass is 303 g/mol. The molecule has 2 aromatic rings. The molecule has 0 aliphatic carbocycles. The molecule has 106 valence electrons. The van der Waals surface area contributed by atoms with E-state index in [4.69, 9.17) is 4.74 Å². The lowest BCUT2D eigenvalue weighted by atomic mass is 10.3. The molecule has 0 bridgehead atoms. The molecule has 0 radical (unpaired) electrons. The summed E-state index contributed by atoms with van der Waals surface area (Å²) in [5.41, 5.74) is 0.280. The van der Waals surface area contributed by atoms with Gasteiger partial charge in [-0.25, -0.2) is 0 Å². The number of nitrogens with zero attached hydrogens (tertiary/aromatic N) is 1. The van der Waals surface area contributed by atoms with Gasteiger partial charge in [-0.3, -0.25) is 4.79 Å². The van der Waals surface area contributed by atoms with Crippen molar-refractivity contribution in [2.45, 2.75) is 13.3 Å². The highest BCUT2D eigenvalue weighted by molar-refractivity contribution is 7.13. The Labute approximate surface area is 115 Å². The van der Waals surface area contributed by atoms with E-state index in [1.54, 1.807) is 6.92 Å². The van der Waals surface area contributed by atoms with Crippen molar-refractivity contribution in [2.24, 2.45) is 0 Å². The van der Waals surface area contributed by atoms with Crippen LogP contribution in [0.1, 0.15) is 15.4 Å². The Hall–Kier alpha value is -2.09. The average molecular weight is 303 g/mol. The number of carbonyl (C=O) groups excluding carboxylic acids is 1. The molecule has 0 amide bonds. The third-order valence-electron chi connectivity index (χ3n) is 2.19. The zero-order valence-corrected chi connectivity index (χ0v) is 10.9. The summed E-state index contributed by atoms with van der Waals surface area (Å²) in [4.78, 5) is 15.3. The number of carbonyl (C=O) groups is 1. The van der Waals surface area contributed by atoms with Gasteiger partial charge in [-0.05, 0) is 31.2 Å². The van der Waals surface area contributed by atoms with Gasteiger partial charge < -0.3 is 9.47 Å². The fourth-order valence-electron chi connectivity index (χ4n) is 1.35. The lowest BCUT2D eigenvalue weighted by molar-refractivity contribution is -0.274. The predicted molar refractivity (Wildman–Crippen MR) is 65.4 cm³/mol. The number of aromatic nitrogens is 1. The summed E-state index contributed by atoms with van der Waals surface area (Å²) in [5, 5.41) is 0.245. The van der Waals surface area contributed by atoms with Gasteiger partial charge in [0.05, 0.1) is 0 Å². The first-order valence-corrected chi connectivity index (χ1v) is 6.15. The number of benzene rings is 1. The standard InChI is InChI=1S/C12H8F3NO3S/c1-7-10(6-17)16-11(20-7)18-8-2-4-9(5-3-8)19-12(13,14)15/h2-6H,1H3. The molecule has 4 nitrogen and oxygen atoms in total. The zero-order chi connectivity index (χ0) is 14.8. The van der Waals surface area contributed by atoms with Crippen molar-refractivity contribution in [1.29, 1.82) is 0 Å². The van der Waals surface area contributed by atoms with Crippen molar-refractivity contribution >= 4 is 17.6 Å². The largest absolute Gasteiger partial charge is 0.573 e. The van der Waals surface area contributed by atoms with Gasteiger partial charge in [-0.15, -0.1) is 13.2 Å². The van der Waals surface area contributed by atoms with E-state index < -0.39 is 6.36 Å². The van der Waals surface area contributed by atoms with Gasteiger partial charge >= 0.3 is 6.36 Å². The smallest absolute Gasteiger partial charge is 0.431 e. The summed E-state index contributed by atoms with van der Waals surface area (Å²) in [5.74, 6) is -0.0422. The highest BCUT2D eigenvalue weighted by Crippen LogP contribution is 2.30. The summed E-state index contributed by atoms with van der Waals surface area (Å²) >= 11 is 1.17. The number of hydrogen-bond donors (Lipinski definition) is 0. The number of hydrogen-bond acceptors (Lipinski definition) is 5. The maximum absolute atomic E-state index is 12.0. The number of aldehydes is 1. The second kappa shape index (κ2) is 5.49. The summed E-state index contributed by atoms with van der Waals surface area (Å²) in [6.07, 6.45) is -4.12. The second-order valence-electron chi connectivity index (χ2n) is 3.66. The SMILES string of the molecule is Cc1sc(Oc2ccc(OC(F)(F)F)cc2)nc1C=O. The molecular formula is C12H8F3NO3S. The Balaban J connectivity index is 2.08. The first-order valence-electron chi connectivity index (χ1n) is 5.33. The number of alkyl halides is 3. The third kappa shape index (κ3) is 3.70. The van der Waals surface area contributed by atoms with Gasteiger partial charge in [0.1, 0.15) is 17.2 Å². The Bertz CT molecular complexity index is 607. The lowest BCUT2D eigenvalue weighted by Gasteiger charge is -2.09. The zero-order valence-electron chi connectivity index (χ0n) is 10.1. The van der Waals surface area contributed by atoms with E-state index in [0.29, 0.717) is 16.9 Å². The van der Waals surface area contributed by atoms with E-state index in [9.17, 15) is 18.0 Å². The fourth-order valence-corrected chi connectivity index (χ4v) is 2.09.